The summed E-state index contributed by atoms with van der Waals surface area (Å²) in [6.45, 7) is 0.804. The number of carbonyl (C=O) groups is 3. The summed E-state index contributed by atoms with van der Waals surface area (Å²) in [4.78, 5) is 43.1. The molecule has 5 atom stereocenters. The van der Waals surface area contributed by atoms with Gasteiger partial charge in [-0.15, -0.1) is 0 Å². The number of rotatable bonds is 8. The van der Waals surface area contributed by atoms with Crippen molar-refractivity contribution in [1.29, 1.82) is 0 Å². The summed E-state index contributed by atoms with van der Waals surface area (Å²) in [6, 6.07) is 6.91. The molecule has 0 saturated carbocycles. The van der Waals surface area contributed by atoms with Gasteiger partial charge < -0.3 is 40.8 Å². The van der Waals surface area contributed by atoms with Crippen molar-refractivity contribution in [2.24, 2.45) is 4.99 Å². The first-order valence-corrected chi connectivity index (χ1v) is 12.3. The Bertz CT molecular complexity index is 1230. The maximum atomic E-state index is 12.9. The minimum absolute atomic E-state index is 0.188. The Balaban J connectivity index is 1.98. The quantitative estimate of drug-likeness (QED) is 0.247. The van der Waals surface area contributed by atoms with Crippen LogP contribution in [0.2, 0.25) is 5.02 Å². The zero-order chi connectivity index (χ0) is 27.4. The fraction of sp³-hybridized carbons (Fsp3) is 0.333. The van der Waals surface area contributed by atoms with Crippen molar-refractivity contribution in [2.45, 2.75) is 37.3 Å². The monoisotopic (exact) mass is 596 g/mol. The number of halogens is 2. The number of amides is 3. The number of carbonyl (C=O) groups excluding carboxylic acids is 3. The van der Waals surface area contributed by atoms with Gasteiger partial charge in [-0.05, 0) is 41.1 Å². The number of aliphatic hydroxyl groups excluding tert-OH is 4. The van der Waals surface area contributed by atoms with E-state index in [0.29, 0.717) is 32.0 Å². The van der Waals surface area contributed by atoms with E-state index >= 15 is 0 Å². The van der Waals surface area contributed by atoms with Crippen molar-refractivity contribution in [3.63, 3.8) is 0 Å². The van der Waals surface area contributed by atoms with E-state index in [1.807, 2.05) is 0 Å². The largest absolute Gasteiger partial charge is 0.394 e. The number of benzene rings is 2. The number of nitrogens with one attached hydrogen (secondary N) is 2. The minimum atomic E-state index is -1.89. The molecular formula is C24H26BrClN4O7. The van der Waals surface area contributed by atoms with Crippen LogP contribution in [0.15, 0.2) is 45.9 Å². The van der Waals surface area contributed by atoms with E-state index in [0.717, 1.165) is 0 Å². The summed E-state index contributed by atoms with van der Waals surface area (Å²) in [5, 5.41) is 43.6. The van der Waals surface area contributed by atoms with Gasteiger partial charge in [0.05, 0.1) is 28.2 Å². The van der Waals surface area contributed by atoms with Crippen LogP contribution in [0.4, 0.5) is 16.2 Å². The van der Waals surface area contributed by atoms with Gasteiger partial charge >= 0.3 is 6.03 Å². The Labute approximate surface area is 225 Å². The molecule has 0 unspecified atom stereocenters. The van der Waals surface area contributed by atoms with Crippen molar-refractivity contribution in [2.75, 3.05) is 23.9 Å². The third-order valence-electron chi connectivity index (χ3n) is 5.85. The lowest BCUT2D eigenvalue weighted by molar-refractivity contribution is -0.120. The molecule has 0 spiro atoms. The number of likely N-dealkylation sites (N-methyl/N-ethyl adjacent to an activating group) is 1. The second kappa shape index (κ2) is 12.1. The Kier molecular flexibility index (Phi) is 9.40. The molecule has 0 fully saturated rings. The Morgan fingerprint density at radius 1 is 1.22 bits per heavy atom. The lowest BCUT2D eigenvalue weighted by Crippen LogP contribution is -2.54. The number of urea groups is 1. The Morgan fingerprint density at radius 2 is 1.89 bits per heavy atom. The minimum Gasteiger partial charge on any atom is -0.394 e. The summed E-state index contributed by atoms with van der Waals surface area (Å²) in [5.74, 6) is -0.250. The van der Waals surface area contributed by atoms with Crippen LogP contribution in [0.3, 0.4) is 0 Å². The smallest absolute Gasteiger partial charge is 0.319 e. The highest BCUT2D eigenvalue weighted by atomic mass is 79.9. The lowest BCUT2D eigenvalue weighted by Gasteiger charge is -2.26. The second-order valence-electron chi connectivity index (χ2n) is 8.34. The molecular weight excluding hydrogens is 572 g/mol. The number of hydrogen-bond donors (Lipinski definition) is 6. The van der Waals surface area contributed by atoms with Crippen LogP contribution in [0.5, 0.6) is 0 Å². The van der Waals surface area contributed by atoms with Gasteiger partial charge in [-0.3, -0.25) is 9.79 Å². The van der Waals surface area contributed by atoms with Gasteiger partial charge in [-0.25, -0.2) is 4.79 Å². The maximum Gasteiger partial charge on any atom is 0.319 e. The summed E-state index contributed by atoms with van der Waals surface area (Å²) < 4.78 is 0.367. The number of hydrogen-bond acceptors (Lipinski definition) is 8. The summed E-state index contributed by atoms with van der Waals surface area (Å²) in [6.07, 6.45) is -5.30. The first-order valence-electron chi connectivity index (χ1n) is 11.1. The molecule has 0 aromatic heterocycles. The molecule has 3 rings (SSSR count). The first kappa shape index (κ1) is 28.7. The molecule has 0 aliphatic carbocycles. The van der Waals surface area contributed by atoms with E-state index in [2.05, 4.69) is 31.6 Å². The van der Waals surface area contributed by atoms with Crippen LogP contribution in [0, 0.1) is 0 Å². The lowest BCUT2D eigenvalue weighted by atomic mass is 9.99. The van der Waals surface area contributed by atoms with Gasteiger partial charge in [0.2, 0.25) is 0 Å². The second-order valence-corrected chi connectivity index (χ2v) is 9.54. The van der Waals surface area contributed by atoms with Crippen molar-refractivity contribution in [1.82, 2.24) is 5.32 Å². The van der Waals surface area contributed by atoms with E-state index in [1.165, 1.54) is 11.0 Å². The van der Waals surface area contributed by atoms with Crippen LogP contribution in [-0.4, -0.2) is 88.4 Å². The van der Waals surface area contributed by atoms with Gasteiger partial charge in [0.1, 0.15) is 36.7 Å². The summed E-state index contributed by atoms with van der Waals surface area (Å²) in [5.41, 5.74) is 2.22. The zero-order valence-electron chi connectivity index (χ0n) is 19.8. The molecule has 1 aliphatic heterocycles. The van der Waals surface area contributed by atoms with Crippen molar-refractivity contribution in [3.8, 4) is 0 Å². The average molecular weight is 598 g/mol. The van der Waals surface area contributed by atoms with Crippen molar-refractivity contribution in [3.05, 3.63) is 57.0 Å². The predicted molar refractivity (Wildman–Crippen MR) is 141 cm³/mol. The van der Waals surface area contributed by atoms with Crippen LogP contribution in [0.25, 0.3) is 0 Å². The number of benzodiazepines with no additional fused rings is 1. The van der Waals surface area contributed by atoms with Crippen molar-refractivity contribution >= 4 is 62.8 Å². The predicted octanol–water partition coefficient (Wildman–Crippen LogP) is 1.07. The molecule has 11 nitrogen and oxygen atoms in total. The molecule has 0 bridgehead atoms. The molecule has 0 saturated heterocycles. The highest BCUT2D eigenvalue weighted by Gasteiger charge is 2.33. The molecule has 3 amide bonds. The van der Waals surface area contributed by atoms with E-state index < -0.39 is 43.0 Å². The summed E-state index contributed by atoms with van der Waals surface area (Å²) >= 11 is 9.95. The van der Waals surface area contributed by atoms with E-state index in [-0.39, 0.29) is 17.9 Å². The average Bonchev–Trinajstić information content (AvgIpc) is 2.98. The Morgan fingerprint density at radius 3 is 2.51 bits per heavy atom. The third kappa shape index (κ3) is 6.00. The number of aliphatic imine (C=N–C) groups is 1. The fourth-order valence-corrected chi connectivity index (χ4v) is 4.64. The number of aldehydes is 1. The highest BCUT2D eigenvalue weighted by Crippen LogP contribution is 2.39. The molecule has 2 aromatic carbocycles. The third-order valence-corrected chi connectivity index (χ3v) is 7.00. The van der Waals surface area contributed by atoms with Gasteiger partial charge in [-0.2, -0.15) is 0 Å². The topological polar surface area (TPSA) is 172 Å². The van der Waals surface area contributed by atoms with E-state index in [1.54, 1.807) is 44.3 Å². The maximum absolute atomic E-state index is 12.9. The molecule has 1 heterocycles. The van der Waals surface area contributed by atoms with Crippen LogP contribution < -0.4 is 15.5 Å². The number of anilines is 2. The molecule has 37 heavy (non-hydrogen) atoms. The van der Waals surface area contributed by atoms with Gasteiger partial charge in [-0.1, -0.05) is 29.8 Å². The van der Waals surface area contributed by atoms with Gasteiger partial charge in [0.15, 0.2) is 0 Å². The van der Waals surface area contributed by atoms with Crippen LogP contribution >= 0.6 is 27.5 Å². The fourth-order valence-electron chi connectivity index (χ4n) is 3.79. The van der Waals surface area contributed by atoms with E-state index in [4.69, 9.17) is 16.7 Å². The summed E-state index contributed by atoms with van der Waals surface area (Å²) in [7, 11) is 1.61. The molecule has 1 aliphatic rings. The van der Waals surface area contributed by atoms with Gasteiger partial charge in [0.25, 0.3) is 5.91 Å². The standard InChI is InChI=1S/C24H26BrClN4O7/c1-11-23(36)30(2)16-8-7-14(19(25)18(16)20(27-11)12-5-3-4-6-13(12)26)28-24(37)29-15(9-31)21(34)22(35)17(33)10-32/h3-9,11,15,17,21-22,32-35H,10H2,1-2H3,(H2,28,29,37)/t11-,15-,17+,21+,22+/m0/s1. The molecule has 2 aromatic rings. The number of aliphatic hydroxyl groups is 4. The number of fused-ring (bicyclic) bond motifs is 1. The van der Waals surface area contributed by atoms with Crippen LogP contribution in [0.1, 0.15) is 18.1 Å². The molecule has 198 valence electrons. The number of nitrogens with zero attached hydrogens (tertiary/aromatic N) is 2. The van der Waals surface area contributed by atoms with Gasteiger partial charge in [0, 0.05) is 23.2 Å². The normalized spacial score (nSPS) is 18.6. The highest BCUT2D eigenvalue weighted by molar-refractivity contribution is 9.10. The Hall–Kier alpha value is -2.87. The van der Waals surface area contributed by atoms with Crippen molar-refractivity contribution < 1.29 is 34.8 Å². The van der Waals surface area contributed by atoms with Crippen LogP contribution in [-0.2, 0) is 9.59 Å². The zero-order valence-corrected chi connectivity index (χ0v) is 22.1. The van der Waals surface area contributed by atoms with E-state index in [9.17, 15) is 29.7 Å². The SMILES string of the molecule is C[C@@H]1N=C(c2ccccc2Cl)c2c(ccc(NC(=O)N[C@@H](C=O)[C@@H](O)[C@H](O)[C@H](O)CO)c2Br)N(C)C1=O. The molecule has 13 heteroatoms. The molecule has 0 radical (unpaired) electrons. The molecule has 6 N–H and O–H groups in total. The first-order chi connectivity index (χ1) is 17.5.